The van der Waals surface area contributed by atoms with E-state index in [4.69, 9.17) is 4.74 Å². The van der Waals surface area contributed by atoms with Gasteiger partial charge in [-0.1, -0.05) is 11.8 Å². The Morgan fingerprint density at radius 2 is 2.08 bits per heavy atom. The SMILES string of the molecule is CC1CCCC[NH+]1Cc1c([O-])ccc2c1OC(=Cc1ccncc1)C2=O. The first-order valence-electron chi connectivity index (χ1n) is 9.15. The van der Waals surface area contributed by atoms with Crippen LogP contribution in [0.2, 0.25) is 0 Å². The minimum atomic E-state index is -0.167. The number of carbonyl (C=O) groups excluding carboxylic acids is 1. The second-order valence-electron chi connectivity index (χ2n) is 7.12. The van der Waals surface area contributed by atoms with Crippen LogP contribution in [0, 0.1) is 0 Å². The Morgan fingerprint density at radius 1 is 1.27 bits per heavy atom. The number of carbonyl (C=O) groups is 1. The van der Waals surface area contributed by atoms with E-state index < -0.39 is 0 Å². The van der Waals surface area contributed by atoms with Gasteiger partial charge in [0.1, 0.15) is 12.3 Å². The molecule has 0 aliphatic carbocycles. The fourth-order valence-corrected chi connectivity index (χ4v) is 3.81. The van der Waals surface area contributed by atoms with E-state index in [1.54, 1.807) is 24.5 Å². The summed E-state index contributed by atoms with van der Waals surface area (Å²) in [5.41, 5.74) is 1.96. The van der Waals surface area contributed by atoms with Gasteiger partial charge >= 0.3 is 0 Å². The molecule has 2 aliphatic heterocycles. The molecule has 0 saturated carbocycles. The molecule has 0 amide bonds. The number of piperidine rings is 1. The quantitative estimate of drug-likeness (QED) is 0.856. The van der Waals surface area contributed by atoms with Crippen LogP contribution in [0.4, 0.5) is 0 Å². The molecule has 2 atom stereocenters. The number of nitrogens with one attached hydrogen (secondary N) is 1. The normalized spacial score (nSPS) is 23.7. The molecule has 1 saturated heterocycles. The molecule has 2 unspecified atom stereocenters. The Labute approximate surface area is 152 Å². The average molecular weight is 350 g/mol. The molecule has 134 valence electrons. The molecular formula is C21H22N2O3. The molecule has 0 spiro atoms. The van der Waals surface area contributed by atoms with Crippen LogP contribution in [0.1, 0.15) is 47.7 Å². The second-order valence-corrected chi connectivity index (χ2v) is 7.12. The first-order chi connectivity index (χ1) is 12.6. The van der Waals surface area contributed by atoms with Gasteiger partial charge in [0.15, 0.2) is 5.76 Å². The Hall–Kier alpha value is -2.66. The molecule has 2 aromatic rings. The summed E-state index contributed by atoms with van der Waals surface area (Å²) in [6, 6.07) is 7.23. The molecule has 2 aliphatic rings. The first-order valence-corrected chi connectivity index (χ1v) is 9.15. The summed E-state index contributed by atoms with van der Waals surface area (Å²) in [6.45, 7) is 3.89. The van der Waals surface area contributed by atoms with Crippen LogP contribution >= 0.6 is 0 Å². The number of ketones is 1. The smallest absolute Gasteiger partial charge is 0.231 e. The van der Waals surface area contributed by atoms with Gasteiger partial charge in [0.05, 0.1) is 18.2 Å². The topological polar surface area (TPSA) is 66.7 Å². The lowest BCUT2D eigenvalue weighted by molar-refractivity contribution is -0.942. The number of benzene rings is 1. The van der Waals surface area contributed by atoms with Crippen molar-refractivity contribution in [3.05, 3.63) is 59.1 Å². The van der Waals surface area contributed by atoms with Gasteiger partial charge in [0.2, 0.25) is 5.78 Å². The van der Waals surface area contributed by atoms with E-state index in [-0.39, 0.29) is 17.3 Å². The first kappa shape index (κ1) is 16.8. The summed E-state index contributed by atoms with van der Waals surface area (Å²) in [5.74, 6) is 0.500. The van der Waals surface area contributed by atoms with Crippen molar-refractivity contribution in [1.82, 2.24) is 4.98 Å². The Kier molecular flexibility index (Phi) is 4.47. The van der Waals surface area contributed by atoms with Crippen molar-refractivity contribution in [3.63, 3.8) is 0 Å². The summed E-state index contributed by atoms with van der Waals surface area (Å²) in [7, 11) is 0. The lowest BCUT2D eigenvalue weighted by Gasteiger charge is -2.31. The third kappa shape index (κ3) is 3.10. The molecular weight excluding hydrogens is 328 g/mol. The maximum absolute atomic E-state index is 12.7. The van der Waals surface area contributed by atoms with Gasteiger partial charge in [-0.15, -0.1) is 0 Å². The highest BCUT2D eigenvalue weighted by atomic mass is 16.5. The van der Waals surface area contributed by atoms with E-state index in [9.17, 15) is 9.90 Å². The molecule has 0 radical (unpaired) electrons. The summed E-state index contributed by atoms with van der Waals surface area (Å²) in [6.07, 6.45) is 8.63. The van der Waals surface area contributed by atoms with E-state index in [2.05, 4.69) is 11.9 Å². The van der Waals surface area contributed by atoms with Crippen molar-refractivity contribution in [3.8, 4) is 11.5 Å². The van der Waals surface area contributed by atoms with Crippen molar-refractivity contribution in [2.24, 2.45) is 0 Å². The van der Waals surface area contributed by atoms with Gasteiger partial charge in [0.25, 0.3) is 0 Å². The van der Waals surface area contributed by atoms with Gasteiger partial charge < -0.3 is 14.7 Å². The van der Waals surface area contributed by atoms with Crippen molar-refractivity contribution in [2.75, 3.05) is 6.54 Å². The Morgan fingerprint density at radius 3 is 2.85 bits per heavy atom. The molecule has 1 aromatic heterocycles. The van der Waals surface area contributed by atoms with E-state index >= 15 is 0 Å². The number of quaternary nitrogens is 1. The number of fused-ring (bicyclic) bond motifs is 1. The summed E-state index contributed by atoms with van der Waals surface area (Å²) in [5, 5.41) is 12.5. The van der Waals surface area contributed by atoms with Crippen LogP contribution < -0.4 is 14.7 Å². The van der Waals surface area contributed by atoms with E-state index in [0.29, 0.717) is 29.5 Å². The highest BCUT2D eigenvalue weighted by Crippen LogP contribution is 2.38. The maximum atomic E-state index is 12.7. The summed E-state index contributed by atoms with van der Waals surface area (Å²) >= 11 is 0. The zero-order chi connectivity index (χ0) is 18.1. The predicted octanol–water partition coefficient (Wildman–Crippen LogP) is 1.73. The number of rotatable bonds is 3. The summed E-state index contributed by atoms with van der Waals surface area (Å²) < 4.78 is 5.89. The molecule has 5 heteroatoms. The minimum absolute atomic E-state index is 0.0491. The molecule has 3 heterocycles. The van der Waals surface area contributed by atoms with E-state index in [0.717, 1.165) is 12.1 Å². The average Bonchev–Trinajstić information content (AvgIpc) is 2.96. The Balaban J connectivity index is 1.66. The number of pyridine rings is 1. The number of nitrogens with zero attached hydrogens (tertiary/aromatic N) is 1. The number of hydrogen-bond acceptors (Lipinski definition) is 4. The zero-order valence-electron chi connectivity index (χ0n) is 14.8. The molecule has 1 aromatic carbocycles. The van der Waals surface area contributed by atoms with Gasteiger partial charge in [-0.2, -0.15) is 0 Å². The van der Waals surface area contributed by atoms with Gasteiger partial charge in [-0.05, 0) is 56.0 Å². The molecule has 1 fully saturated rings. The van der Waals surface area contributed by atoms with Crippen molar-refractivity contribution in [1.29, 1.82) is 0 Å². The minimum Gasteiger partial charge on any atom is -0.872 e. The summed E-state index contributed by atoms with van der Waals surface area (Å²) in [4.78, 5) is 18.1. The highest BCUT2D eigenvalue weighted by molar-refractivity contribution is 6.14. The number of ether oxygens (including phenoxy) is 1. The third-order valence-electron chi connectivity index (χ3n) is 5.39. The molecule has 4 rings (SSSR count). The fourth-order valence-electron chi connectivity index (χ4n) is 3.81. The van der Waals surface area contributed by atoms with Crippen LogP contribution in [0.25, 0.3) is 6.08 Å². The number of allylic oxidation sites excluding steroid dienone is 1. The van der Waals surface area contributed by atoms with Crippen molar-refractivity contribution in [2.45, 2.75) is 38.8 Å². The number of hydrogen-bond donors (Lipinski definition) is 1. The van der Waals surface area contributed by atoms with E-state index in [1.807, 2.05) is 12.1 Å². The number of likely N-dealkylation sites (tertiary alicyclic amines) is 1. The zero-order valence-corrected chi connectivity index (χ0v) is 14.8. The lowest BCUT2D eigenvalue weighted by atomic mass is 10.0. The fraction of sp³-hybridized carbons (Fsp3) is 0.333. The predicted molar refractivity (Wildman–Crippen MR) is 95.9 cm³/mol. The van der Waals surface area contributed by atoms with Crippen LogP contribution in [0.15, 0.2) is 42.4 Å². The molecule has 0 bridgehead atoms. The van der Waals surface area contributed by atoms with Crippen LogP contribution in [-0.4, -0.2) is 23.4 Å². The van der Waals surface area contributed by atoms with Crippen molar-refractivity contribution < 1.29 is 19.5 Å². The van der Waals surface area contributed by atoms with Crippen LogP contribution in [-0.2, 0) is 6.54 Å². The molecule has 1 N–H and O–H groups in total. The monoisotopic (exact) mass is 350 g/mol. The maximum Gasteiger partial charge on any atom is 0.231 e. The van der Waals surface area contributed by atoms with Crippen molar-refractivity contribution >= 4 is 11.9 Å². The third-order valence-corrected chi connectivity index (χ3v) is 5.39. The van der Waals surface area contributed by atoms with Gasteiger partial charge in [0, 0.05) is 18.0 Å². The van der Waals surface area contributed by atoms with Gasteiger partial charge in [-0.3, -0.25) is 9.78 Å². The number of Topliss-reactive ketones (excluding diaryl/α,β-unsaturated/α-hetero) is 1. The molecule has 5 nitrogen and oxygen atoms in total. The highest BCUT2D eigenvalue weighted by Gasteiger charge is 2.32. The van der Waals surface area contributed by atoms with Crippen LogP contribution in [0.5, 0.6) is 11.5 Å². The largest absolute Gasteiger partial charge is 0.872 e. The standard InChI is InChI=1S/C21H22N2O3/c1-14-4-2-3-11-23(14)13-17-18(24)6-5-16-20(25)19(26-21(16)17)12-15-7-9-22-10-8-15/h5-10,12,14,24H,2-4,11,13H2,1H3. The van der Waals surface area contributed by atoms with E-state index in [1.165, 1.54) is 30.2 Å². The van der Waals surface area contributed by atoms with Crippen LogP contribution in [0.3, 0.4) is 0 Å². The Bertz CT molecular complexity index is 861. The van der Waals surface area contributed by atoms with Gasteiger partial charge in [-0.25, -0.2) is 0 Å². The number of aromatic nitrogens is 1. The lowest BCUT2D eigenvalue weighted by Crippen LogP contribution is -3.14. The molecule has 26 heavy (non-hydrogen) atoms. The second kappa shape index (κ2) is 6.92.